The van der Waals surface area contributed by atoms with Crippen LogP contribution in [0.1, 0.15) is 278 Å². The van der Waals surface area contributed by atoms with E-state index in [1.807, 2.05) is 0 Å². The Morgan fingerprint density at radius 2 is 0.481 bits per heavy atom. The largest absolute Gasteiger partial charge is 0.462 e. The molecule has 0 aliphatic heterocycles. The molecular weight excluding hydrogens is 997 g/mol. The second-order valence-electron chi connectivity index (χ2n) is 21.3. The van der Waals surface area contributed by atoms with Gasteiger partial charge in [-0.2, -0.15) is 0 Å². The Hall–Kier alpha value is -4.97. The van der Waals surface area contributed by atoms with Gasteiger partial charge >= 0.3 is 17.9 Å². The number of rotatable bonds is 58. The first-order valence-electron chi connectivity index (χ1n) is 33.0. The zero-order valence-electron chi connectivity index (χ0n) is 52.2. The minimum absolute atomic E-state index is 0.104. The Bertz CT molecular complexity index is 1810. The van der Waals surface area contributed by atoms with Crippen LogP contribution in [-0.2, 0) is 28.6 Å². The van der Waals surface area contributed by atoms with Gasteiger partial charge in [-0.1, -0.05) is 288 Å². The maximum Gasteiger partial charge on any atom is 0.306 e. The van der Waals surface area contributed by atoms with Gasteiger partial charge in [-0.15, -0.1) is 0 Å². The molecule has 0 saturated heterocycles. The van der Waals surface area contributed by atoms with Crippen molar-refractivity contribution in [2.24, 2.45) is 0 Å². The lowest BCUT2D eigenvalue weighted by molar-refractivity contribution is -0.167. The average Bonchev–Trinajstić information content (AvgIpc) is 3.47. The summed E-state index contributed by atoms with van der Waals surface area (Å²) in [7, 11) is 0. The summed E-state index contributed by atoms with van der Waals surface area (Å²) in [5.41, 5.74) is 0. The molecule has 81 heavy (non-hydrogen) atoms. The van der Waals surface area contributed by atoms with Crippen LogP contribution in [0.2, 0.25) is 0 Å². The lowest BCUT2D eigenvalue weighted by atomic mass is 10.0. The number of carbonyl (C=O) groups excluding carboxylic acids is 3. The molecule has 0 heterocycles. The Balaban J connectivity index is 4.51. The first-order valence-corrected chi connectivity index (χ1v) is 33.0. The van der Waals surface area contributed by atoms with Crippen LogP contribution >= 0.6 is 0 Å². The van der Waals surface area contributed by atoms with Crippen molar-refractivity contribution in [3.05, 3.63) is 158 Å². The second-order valence-corrected chi connectivity index (χ2v) is 21.3. The summed E-state index contributed by atoms with van der Waals surface area (Å²) < 4.78 is 16.9. The number of hydrogen-bond donors (Lipinski definition) is 0. The summed E-state index contributed by atoms with van der Waals surface area (Å²) in [6, 6.07) is 0. The first kappa shape index (κ1) is 76.0. The molecule has 0 aliphatic rings. The quantitative estimate of drug-likeness (QED) is 0.0261. The smallest absolute Gasteiger partial charge is 0.306 e. The number of carbonyl (C=O) groups is 3. The summed E-state index contributed by atoms with van der Waals surface area (Å²) in [4.78, 5) is 38.4. The molecule has 6 heteroatoms. The molecule has 0 saturated carbocycles. The highest BCUT2D eigenvalue weighted by atomic mass is 16.6. The number of esters is 3. The number of allylic oxidation sites excluding steroid dienone is 26. The molecule has 0 bridgehead atoms. The Kier molecular flexibility index (Phi) is 63.4. The van der Waals surface area contributed by atoms with Gasteiger partial charge in [-0.05, 0) is 128 Å². The highest BCUT2D eigenvalue weighted by Gasteiger charge is 2.19. The van der Waals surface area contributed by atoms with Crippen molar-refractivity contribution in [1.82, 2.24) is 0 Å². The molecule has 456 valence electrons. The molecule has 0 aromatic rings. The van der Waals surface area contributed by atoms with E-state index in [9.17, 15) is 14.4 Å². The topological polar surface area (TPSA) is 78.9 Å². The molecule has 1 unspecified atom stereocenters. The van der Waals surface area contributed by atoms with Crippen molar-refractivity contribution in [3.63, 3.8) is 0 Å². The molecule has 0 aromatic heterocycles. The molecule has 0 amide bonds. The molecule has 0 rings (SSSR count). The molecular formula is C75H120O6. The molecule has 6 nitrogen and oxygen atoms in total. The van der Waals surface area contributed by atoms with E-state index in [1.54, 1.807) is 0 Å². The highest BCUT2D eigenvalue weighted by molar-refractivity contribution is 5.71. The van der Waals surface area contributed by atoms with E-state index in [2.05, 4.69) is 179 Å². The predicted octanol–water partition coefficient (Wildman–Crippen LogP) is 22.9. The SMILES string of the molecule is CC/C=C\C/C=C\C/C=C\C/C=C\C/C=C\C/C=C\C/C=C\C/C=C\CCCCC(=O)OCC(COC(=O)CCCCCCCCCCCCCCCCC)OC(=O)CCCCCCC/C=C\C/C=C\C/C=C\C/C=C\C/C=C\CC. The fourth-order valence-corrected chi connectivity index (χ4v) is 8.66. The van der Waals surface area contributed by atoms with Gasteiger partial charge in [0.1, 0.15) is 13.2 Å². The number of ether oxygens (including phenoxy) is 3. The van der Waals surface area contributed by atoms with Crippen molar-refractivity contribution in [3.8, 4) is 0 Å². The normalized spacial score (nSPS) is 13.2. The van der Waals surface area contributed by atoms with Crippen molar-refractivity contribution in [2.45, 2.75) is 284 Å². The molecule has 0 aliphatic carbocycles. The molecule has 0 fully saturated rings. The van der Waals surface area contributed by atoms with Crippen LogP contribution in [0.5, 0.6) is 0 Å². The number of hydrogen-bond acceptors (Lipinski definition) is 6. The van der Waals surface area contributed by atoms with Crippen molar-refractivity contribution in [1.29, 1.82) is 0 Å². The van der Waals surface area contributed by atoms with Crippen LogP contribution < -0.4 is 0 Å². The summed E-state index contributed by atoms with van der Waals surface area (Å²) in [6.45, 7) is 6.37. The fraction of sp³-hybridized carbons (Fsp3) is 0.613. The monoisotopic (exact) mass is 1120 g/mol. The van der Waals surface area contributed by atoms with Gasteiger partial charge in [0.05, 0.1) is 0 Å². The first-order chi connectivity index (χ1) is 40.0. The van der Waals surface area contributed by atoms with Crippen LogP contribution in [0, 0.1) is 0 Å². The van der Waals surface area contributed by atoms with Gasteiger partial charge in [0.2, 0.25) is 0 Å². The van der Waals surface area contributed by atoms with Gasteiger partial charge in [0.15, 0.2) is 6.10 Å². The summed E-state index contributed by atoms with van der Waals surface area (Å²) >= 11 is 0. The maximum absolute atomic E-state index is 12.9. The van der Waals surface area contributed by atoms with Crippen molar-refractivity contribution >= 4 is 17.9 Å². The van der Waals surface area contributed by atoms with Gasteiger partial charge < -0.3 is 14.2 Å². The molecule has 0 N–H and O–H groups in total. The van der Waals surface area contributed by atoms with Crippen LogP contribution in [-0.4, -0.2) is 37.2 Å². The maximum atomic E-state index is 12.9. The van der Waals surface area contributed by atoms with E-state index in [0.29, 0.717) is 25.7 Å². The van der Waals surface area contributed by atoms with Crippen LogP contribution in [0.15, 0.2) is 158 Å². The van der Waals surface area contributed by atoms with Crippen molar-refractivity contribution in [2.75, 3.05) is 13.2 Å². The Labute approximate surface area is 499 Å². The van der Waals surface area contributed by atoms with Crippen molar-refractivity contribution < 1.29 is 28.6 Å². The van der Waals surface area contributed by atoms with E-state index in [1.165, 1.54) is 77.0 Å². The Morgan fingerprint density at radius 1 is 0.259 bits per heavy atom. The minimum atomic E-state index is -0.815. The standard InChI is InChI=1S/C75H120O6/c1-4-7-10-13-16-19-22-25-28-30-32-34-35-36-37-38-39-41-42-44-47-50-53-56-59-62-65-68-74(77)80-71-72(70-79-73(76)67-64-61-58-55-52-49-46-27-24-21-18-15-12-9-6-3)81-75(78)69-66-63-60-57-54-51-48-45-43-40-33-31-29-26-23-20-17-14-11-8-5-2/h7-8,10-11,16-17,19-20,25-26,28-29,32-34,36-37,39-41,44-45,47-48,53,56,72H,4-6,9,12-15,18,21-24,27,30-31,35,38,42-43,46,49-52,54-55,57-71H2,1-3H3/b10-7-,11-8-,19-16-,20-17-,28-25-,29-26-,34-32-,37-36-,40-33-,41-39-,47-44-,48-45-,56-53-. The van der Waals surface area contributed by atoms with E-state index >= 15 is 0 Å². The second kappa shape index (κ2) is 67.5. The summed E-state index contributed by atoms with van der Waals surface area (Å²) in [5.74, 6) is -0.968. The van der Waals surface area contributed by atoms with Gasteiger partial charge in [-0.3, -0.25) is 14.4 Å². The lowest BCUT2D eigenvalue weighted by Crippen LogP contribution is -2.30. The van der Waals surface area contributed by atoms with E-state index in [0.717, 1.165) is 154 Å². The van der Waals surface area contributed by atoms with E-state index < -0.39 is 6.10 Å². The third kappa shape index (κ3) is 65.7. The van der Waals surface area contributed by atoms with Gasteiger partial charge in [-0.25, -0.2) is 0 Å². The van der Waals surface area contributed by atoms with Gasteiger partial charge in [0.25, 0.3) is 0 Å². The minimum Gasteiger partial charge on any atom is -0.462 e. The van der Waals surface area contributed by atoms with E-state index in [-0.39, 0.29) is 31.1 Å². The molecule has 0 radical (unpaired) electrons. The average molecular weight is 1120 g/mol. The number of unbranched alkanes of at least 4 members (excludes halogenated alkanes) is 21. The van der Waals surface area contributed by atoms with Crippen LogP contribution in [0.3, 0.4) is 0 Å². The van der Waals surface area contributed by atoms with Crippen LogP contribution in [0.25, 0.3) is 0 Å². The summed E-state index contributed by atoms with van der Waals surface area (Å²) in [6.07, 6.45) is 98.2. The summed E-state index contributed by atoms with van der Waals surface area (Å²) in [5, 5.41) is 0. The highest BCUT2D eigenvalue weighted by Crippen LogP contribution is 2.15. The zero-order valence-corrected chi connectivity index (χ0v) is 52.2. The zero-order chi connectivity index (χ0) is 58.5. The Morgan fingerprint density at radius 3 is 0.778 bits per heavy atom. The fourth-order valence-electron chi connectivity index (χ4n) is 8.66. The molecule has 1 atom stereocenters. The van der Waals surface area contributed by atoms with Crippen LogP contribution in [0.4, 0.5) is 0 Å². The molecule has 0 spiro atoms. The van der Waals surface area contributed by atoms with E-state index in [4.69, 9.17) is 14.2 Å². The molecule has 0 aromatic carbocycles. The van der Waals surface area contributed by atoms with Gasteiger partial charge in [0, 0.05) is 19.3 Å². The lowest BCUT2D eigenvalue weighted by Gasteiger charge is -2.18. The predicted molar refractivity (Wildman–Crippen MR) is 352 cm³/mol. The third-order valence-corrected chi connectivity index (χ3v) is 13.5. The third-order valence-electron chi connectivity index (χ3n) is 13.5.